The lowest BCUT2D eigenvalue weighted by Crippen LogP contribution is -2.44. The molecule has 214 valence electrons. The molecule has 0 radical (unpaired) electrons. The van der Waals surface area contributed by atoms with Crippen molar-refractivity contribution in [3.8, 4) is 28.4 Å². The Balaban J connectivity index is 1.17. The third kappa shape index (κ3) is 5.72. The summed E-state index contributed by atoms with van der Waals surface area (Å²) in [6.45, 7) is 6.65. The summed E-state index contributed by atoms with van der Waals surface area (Å²) in [6, 6.07) is 14.3. The fourth-order valence-corrected chi connectivity index (χ4v) is 5.51. The number of imidazole rings is 1. The van der Waals surface area contributed by atoms with Crippen LogP contribution in [0.5, 0.6) is 5.75 Å². The topological polar surface area (TPSA) is 90.5 Å². The number of fused-ring (bicyclic) bond motifs is 1. The van der Waals surface area contributed by atoms with Gasteiger partial charge in [0, 0.05) is 68.9 Å². The summed E-state index contributed by atoms with van der Waals surface area (Å²) in [4.78, 5) is 34.7. The number of likely N-dealkylation sites (tertiary alicyclic amines) is 1. The average molecular weight is 562 g/mol. The van der Waals surface area contributed by atoms with Gasteiger partial charge in [-0.1, -0.05) is 0 Å². The van der Waals surface area contributed by atoms with Crippen LogP contribution in [0, 0.1) is 6.92 Å². The quantitative estimate of drug-likeness (QED) is 0.374. The third-order valence-corrected chi connectivity index (χ3v) is 7.97. The molecule has 2 aromatic heterocycles. The SMILES string of the molecule is Cc1cc(-c2ncnc3[nH]c(-c4ccc(N5CCN(C)CC5)cc4)nc23)ccc1OC1CCN(C(=O)C(F)F)CC1. The van der Waals surface area contributed by atoms with Crippen LogP contribution in [0.15, 0.2) is 48.8 Å². The van der Waals surface area contributed by atoms with E-state index in [0.29, 0.717) is 24.0 Å². The van der Waals surface area contributed by atoms with Gasteiger partial charge in [0.1, 0.15) is 35.2 Å². The molecule has 1 amide bonds. The predicted octanol–water partition coefficient (Wildman–Crippen LogP) is 4.38. The number of halogens is 2. The molecule has 2 fully saturated rings. The Kier molecular flexibility index (Phi) is 7.53. The van der Waals surface area contributed by atoms with Crippen LogP contribution in [0.2, 0.25) is 0 Å². The number of nitrogens with zero attached hydrogens (tertiary/aromatic N) is 6. The summed E-state index contributed by atoms with van der Waals surface area (Å²) in [6.07, 6.45) is -0.543. The largest absolute Gasteiger partial charge is 0.490 e. The lowest BCUT2D eigenvalue weighted by molar-refractivity contribution is -0.144. The van der Waals surface area contributed by atoms with Crippen LogP contribution < -0.4 is 9.64 Å². The first-order valence-corrected chi connectivity index (χ1v) is 13.9. The number of ether oxygens (including phenoxy) is 1. The Bertz CT molecular complexity index is 1530. The van der Waals surface area contributed by atoms with Crippen LogP contribution in [0.25, 0.3) is 33.8 Å². The number of carbonyl (C=O) groups is 1. The number of piperidine rings is 1. The zero-order chi connectivity index (χ0) is 28.5. The molecule has 0 aliphatic carbocycles. The number of rotatable bonds is 6. The zero-order valence-electron chi connectivity index (χ0n) is 23.2. The maximum atomic E-state index is 12.7. The standard InChI is InChI=1S/C30H33F2N7O2/c1-19-17-21(5-8-24(19)41-23-9-11-39(12-10-23)30(40)27(31)32)25-26-29(34-18-33-25)36-28(35-26)20-3-6-22(7-4-20)38-15-13-37(2)14-16-38/h3-8,17-18,23,27H,9-16H2,1-2H3,(H,33,34,35,36). The molecular weight excluding hydrogens is 528 g/mol. The van der Waals surface area contributed by atoms with Crippen LogP contribution in [-0.2, 0) is 4.79 Å². The number of alkyl halides is 2. The molecule has 0 bridgehead atoms. The van der Waals surface area contributed by atoms with Crippen molar-refractivity contribution in [2.75, 3.05) is 51.2 Å². The highest BCUT2D eigenvalue weighted by molar-refractivity contribution is 5.89. The number of benzene rings is 2. The maximum absolute atomic E-state index is 12.7. The lowest BCUT2D eigenvalue weighted by Gasteiger charge is -2.34. The van der Waals surface area contributed by atoms with E-state index in [1.807, 2.05) is 25.1 Å². The first-order valence-electron chi connectivity index (χ1n) is 13.9. The van der Waals surface area contributed by atoms with Crippen molar-refractivity contribution >= 4 is 22.8 Å². The number of hydrogen-bond donors (Lipinski definition) is 1. The molecule has 0 spiro atoms. The second-order valence-electron chi connectivity index (χ2n) is 10.8. The predicted molar refractivity (Wildman–Crippen MR) is 153 cm³/mol. The van der Waals surface area contributed by atoms with E-state index >= 15 is 0 Å². The molecule has 9 nitrogen and oxygen atoms in total. The minimum absolute atomic E-state index is 0.136. The Morgan fingerprint density at radius 3 is 2.37 bits per heavy atom. The van der Waals surface area contributed by atoms with E-state index in [0.717, 1.165) is 60.1 Å². The first-order chi connectivity index (χ1) is 19.9. The molecule has 2 aliphatic rings. The molecule has 2 saturated heterocycles. The van der Waals surface area contributed by atoms with Crippen molar-refractivity contribution < 1.29 is 18.3 Å². The van der Waals surface area contributed by atoms with E-state index in [1.54, 1.807) is 0 Å². The molecule has 0 atom stereocenters. The fraction of sp³-hybridized carbons (Fsp3) is 0.400. The highest BCUT2D eigenvalue weighted by Gasteiger charge is 2.29. The summed E-state index contributed by atoms with van der Waals surface area (Å²) in [5.41, 5.74) is 6.08. The van der Waals surface area contributed by atoms with Gasteiger partial charge in [-0.2, -0.15) is 8.78 Å². The van der Waals surface area contributed by atoms with Gasteiger partial charge in [-0.3, -0.25) is 4.79 Å². The van der Waals surface area contributed by atoms with Gasteiger partial charge in [0.2, 0.25) is 0 Å². The number of nitrogens with one attached hydrogen (secondary N) is 1. The molecule has 2 aromatic carbocycles. The Morgan fingerprint density at radius 2 is 1.68 bits per heavy atom. The number of aromatic nitrogens is 4. The molecule has 41 heavy (non-hydrogen) atoms. The summed E-state index contributed by atoms with van der Waals surface area (Å²) < 4.78 is 31.6. The number of aromatic amines is 1. The highest BCUT2D eigenvalue weighted by Crippen LogP contribution is 2.32. The fourth-order valence-electron chi connectivity index (χ4n) is 5.51. The third-order valence-electron chi connectivity index (χ3n) is 7.97. The zero-order valence-corrected chi connectivity index (χ0v) is 23.2. The van der Waals surface area contributed by atoms with Crippen molar-refractivity contribution in [1.29, 1.82) is 0 Å². The van der Waals surface area contributed by atoms with Gasteiger partial charge in [0.15, 0.2) is 5.65 Å². The van der Waals surface area contributed by atoms with Crippen LogP contribution in [0.3, 0.4) is 0 Å². The van der Waals surface area contributed by atoms with E-state index < -0.39 is 12.3 Å². The van der Waals surface area contributed by atoms with E-state index in [1.165, 1.54) is 16.9 Å². The number of anilines is 1. The van der Waals surface area contributed by atoms with Crippen LogP contribution in [-0.4, -0.2) is 94.5 Å². The van der Waals surface area contributed by atoms with Gasteiger partial charge in [-0.15, -0.1) is 0 Å². The number of amides is 1. The van der Waals surface area contributed by atoms with Crippen molar-refractivity contribution in [2.24, 2.45) is 0 Å². The van der Waals surface area contributed by atoms with Crippen molar-refractivity contribution in [3.05, 3.63) is 54.4 Å². The molecule has 2 aliphatic heterocycles. The van der Waals surface area contributed by atoms with Gasteiger partial charge in [-0.05, 0) is 62.0 Å². The Morgan fingerprint density at radius 1 is 0.976 bits per heavy atom. The van der Waals surface area contributed by atoms with Crippen LogP contribution in [0.1, 0.15) is 18.4 Å². The van der Waals surface area contributed by atoms with Gasteiger partial charge in [0.05, 0.1) is 0 Å². The van der Waals surface area contributed by atoms with Gasteiger partial charge in [0.25, 0.3) is 5.91 Å². The minimum Gasteiger partial charge on any atom is -0.490 e. The molecule has 11 heteroatoms. The normalized spacial score (nSPS) is 17.0. The van der Waals surface area contributed by atoms with Crippen molar-refractivity contribution in [3.63, 3.8) is 0 Å². The number of carbonyl (C=O) groups excluding carboxylic acids is 1. The van der Waals surface area contributed by atoms with Crippen LogP contribution in [0.4, 0.5) is 14.5 Å². The second-order valence-corrected chi connectivity index (χ2v) is 10.8. The number of H-pyrrole nitrogens is 1. The monoisotopic (exact) mass is 561 g/mol. The number of likely N-dealkylation sites (N-methyl/N-ethyl adjacent to an activating group) is 1. The van der Waals surface area contributed by atoms with E-state index in [4.69, 9.17) is 9.72 Å². The average Bonchev–Trinajstić information content (AvgIpc) is 3.43. The Labute approximate surface area is 237 Å². The summed E-state index contributed by atoms with van der Waals surface area (Å²) >= 11 is 0. The molecule has 0 unspecified atom stereocenters. The van der Waals surface area contributed by atoms with E-state index in [2.05, 4.69) is 56.1 Å². The molecular formula is C30H33F2N7O2. The van der Waals surface area contributed by atoms with Gasteiger partial charge >= 0.3 is 6.43 Å². The number of aryl methyl sites for hydroxylation is 1. The second kappa shape index (κ2) is 11.4. The maximum Gasteiger partial charge on any atom is 0.315 e. The Hall–Kier alpha value is -4.12. The van der Waals surface area contributed by atoms with Gasteiger partial charge < -0.3 is 24.4 Å². The minimum atomic E-state index is -2.96. The number of piperazine rings is 1. The number of hydrogen-bond acceptors (Lipinski definition) is 7. The molecule has 6 rings (SSSR count). The highest BCUT2D eigenvalue weighted by atomic mass is 19.3. The molecule has 0 saturated carbocycles. The van der Waals surface area contributed by atoms with Crippen molar-refractivity contribution in [1.82, 2.24) is 29.7 Å². The van der Waals surface area contributed by atoms with E-state index in [-0.39, 0.29) is 19.2 Å². The van der Waals surface area contributed by atoms with Gasteiger partial charge in [-0.25, -0.2) is 15.0 Å². The summed E-state index contributed by atoms with van der Waals surface area (Å²) in [5.74, 6) is 0.352. The molecule has 4 aromatic rings. The lowest BCUT2D eigenvalue weighted by atomic mass is 10.1. The smallest absolute Gasteiger partial charge is 0.315 e. The molecule has 1 N–H and O–H groups in total. The van der Waals surface area contributed by atoms with Crippen LogP contribution >= 0.6 is 0 Å². The van der Waals surface area contributed by atoms with Crippen molar-refractivity contribution in [2.45, 2.75) is 32.3 Å². The summed E-state index contributed by atoms with van der Waals surface area (Å²) in [7, 11) is 2.15. The first kappa shape index (κ1) is 27.1. The van der Waals surface area contributed by atoms with E-state index in [9.17, 15) is 13.6 Å². The molecule has 4 heterocycles. The summed E-state index contributed by atoms with van der Waals surface area (Å²) in [5, 5.41) is 0.